The van der Waals surface area contributed by atoms with E-state index in [-0.39, 0.29) is 6.67 Å². The van der Waals surface area contributed by atoms with Crippen LogP contribution in [0.5, 0.6) is 0 Å². The van der Waals surface area contributed by atoms with Gasteiger partial charge in [0.1, 0.15) is 0 Å². The Morgan fingerprint density at radius 1 is 1.36 bits per heavy atom. The molecule has 0 spiro atoms. The molecule has 2 rings (SSSR count). The minimum absolute atomic E-state index is 0.219. The molecule has 3 heteroatoms. The molecule has 0 bridgehead atoms. The number of benzene rings is 1. The lowest BCUT2D eigenvalue weighted by molar-refractivity contribution is 0.969. The monoisotopic (exact) mass is 147 g/mol. The van der Waals surface area contributed by atoms with Gasteiger partial charge in [-0.3, -0.25) is 4.99 Å². The van der Waals surface area contributed by atoms with Crippen molar-refractivity contribution in [2.75, 3.05) is 11.7 Å². The normalized spacial score (nSPS) is 14.8. The number of hydroxylamine groups is 1. The first kappa shape index (κ1) is 6.37. The van der Waals surface area contributed by atoms with Crippen molar-refractivity contribution in [2.24, 2.45) is 4.99 Å². The van der Waals surface area contributed by atoms with Gasteiger partial charge in [0.05, 0.1) is 6.67 Å². The summed E-state index contributed by atoms with van der Waals surface area (Å²) < 4.78 is 0. The fourth-order valence-corrected chi connectivity index (χ4v) is 1.11. The molecule has 3 nitrogen and oxygen atoms in total. The van der Waals surface area contributed by atoms with Crippen molar-refractivity contribution in [3.05, 3.63) is 35.0 Å². The van der Waals surface area contributed by atoms with E-state index in [1.165, 1.54) is 0 Å². The molecule has 1 heterocycles. The van der Waals surface area contributed by atoms with Crippen LogP contribution in [0, 0.1) is 5.21 Å². The third kappa shape index (κ3) is 0.991. The Kier molecular flexibility index (Phi) is 1.36. The summed E-state index contributed by atoms with van der Waals surface area (Å²) in [5, 5.41) is 12.0. The van der Waals surface area contributed by atoms with E-state index in [4.69, 9.17) is 0 Å². The van der Waals surface area contributed by atoms with E-state index in [1.54, 1.807) is 12.3 Å². The second-order valence-corrected chi connectivity index (χ2v) is 2.39. The molecule has 0 saturated carbocycles. The molecular formula is C8H7N2O-. The first-order valence-electron chi connectivity index (χ1n) is 3.41. The van der Waals surface area contributed by atoms with Crippen molar-refractivity contribution in [1.82, 2.24) is 0 Å². The molecule has 11 heavy (non-hydrogen) atoms. The highest BCUT2D eigenvalue weighted by molar-refractivity contribution is 5.89. The molecule has 0 radical (unpaired) electrons. The van der Waals surface area contributed by atoms with Crippen LogP contribution >= 0.6 is 0 Å². The van der Waals surface area contributed by atoms with Gasteiger partial charge in [-0.15, -0.1) is 0 Å². The summed E-state index contributed by atoms with van der Waals surface area (Å²) in [5.74, 6) is 0. The van der Waals surface area contributed by atoms with Crippen LogP contribution in [-0.2, 0) is 0 Å². The van der Waals surface area contributed by atoms with E-state index in [1.807, 2.05) is 18.2 Å². The van der Waals surface area contributed by atoms with Gasteiger partial charge in [0.15, 0.2) is 0 Å². The van der Waals surface area contributed by atoms with E-state index < -0.39 is 0 Å². The fourth-order valence-electron chi connectivity index (χ4n) is 1.11. The predicted molar refractivity (Wildman–Crippen MR) is 44.7 cm³/mol. The first-order chi connectivity index (χ1) is 5.38. The molecule has 0 N–H and O–H groups in total. The standard InChI is InChI=1S/C8H7N2O/c11-10-6-9-5-7-3-1-2-4-8(7)10/h1-5H,6H2/q-1. The summed E-state index contributed by atoms with van der Waals surface area (Å²) in [6.45, 7) is 0.219. The number of hydrogen-bond donors (Lipinski definition) is 0. The van der Waals surface area contributed by atoms with Gasteiger partial charge in [0.2, 0.25) is 0 Å². The summed E-state index contributed by atoms with van der Waals surface area (Å²) in [7, 11) is 0. The maximum absolute atomic E-state index is 11.1. The van der Waals surface area contributed by atoms with Crippen LogP contribution in [0.1, 0.15) is 5.56 Å². The SMILES string of the molecule is [O-]N1CN=Cc2ccccc21. The van der Waals surface area contributed by atoms with Crippen LogP contribution < -0.4 is 5.06 Å². The van der Waals surface area contributed by atoms with Gasteiger partial charge in [-0.25, -0.2) is 0 Å². The number of aliphatic imine (C=N–C) groups is 1. The van der Waals surface area contributed by atoms with E-state index in [0.717, 1.165) is 10.6 Å². The van der Waals surface area contributed by atoms with Gasteiger partial charge in [0.25, 0.3) is 0 Å². The summed E-state index contributed by atoms with van der Waals surface area (Å²) in [5.41, 5.74) is 1.61. The Balaban J connectivity index is 2.54. The number of para-hydroxylation sites is 1. The fraction of sp³-hybridized carbons (Fsp3) is 0.125. The largest absolute Gasteiger partial charge is 0.757 e. The Morgan fingerprint density at radius 2 is 2.18 bits per heavy atom. The van der Waals surface area contributed by atoms with Crippen molar-refractivity contribution >= 4 is 11.9 Å². The van der Waals surface area contributed by atoms with Crippen LogP contribution in [0.3, 0.4) is 0 Å². The smallest absolute Gasteiger partial charge is 0.0997 e. The molecule has 0 saturated heterocycles. The second-order valence-electron chi connectivity index (χ2n) is 2.39. The summed E-state index contributed by atoms with van der Waals surface area (Å²) in [4.78, 5) is 3.89. The maximum atomic E-state index is 11.1. The Labute approximate surface area is 64.6 Å². The number of nitrogens with zero attached hydrogens (tertiary/aromatic N) is 2. The van der Waals surface area contributed by atoms with Crippen LogP contribution in [0.25, 0.3) is 0 Å². The van der Waals surface area contributed by atoms with Gasteiger partial charge in [-0.2, -0.15) is 0 Å². The second kappa shape index (κ2) is 2.36. The molecule has 0 aromatic heterocycles. The van der Waals surface area contributed by atoms with Crippen LogP contribution in [0.15, 0.2) is 29.3 Å². The van der Waals surface area contributed by atoms with Gasteiger partial charge in [-0.1, -0.05) is 18.2 Å². The zero-order valence-corrected chi connectivity index (χ0v) is 5.90. The number of rotatable bonds is 0. The zero-order chi connectivity index (χ0) is 7.68. The minimum Gasteiger partial charge on any atom is -0.757 e. The number of fused-ring (bicyclic) bond motifs is 1. The quantitative estimate of drug-likeness (QED) is 0.556. The number of anilines is 1. The van der Waals surface area contributed by atoms with Crippen LogP contribution in [0.4, 0.5) is 5.69 Å². The third-order valence-electron chi connectivity index (χ3n) is 1.65. The predicted octanol–water partition coefficient (Wildman–Crippen LogP) is 1.38. The molecule has 0 amide bonds. The van der Waals surface area contributed by atoms with E-state index in [0.29, 0.717) is 5.69 Å². The molecule has 0 aliphatic carbocycles. The highest BCUT2D eigenvalue weighted by Gasteiger charge is 2.03. The van der Waals surface area contributed by atoms with Crippen molar-refractivity contribution in [2.45, 2.75) is 0 Å². The van der Waals surface area contributed by atoms with E-state index >= 15 is 0 Å². The topological polar surface area (TPSA) is 38.7 Å². The van der Waals surface area contributed by atoms with Crippen molar-refractivity contribution < 1.29 is 0 Å². The zero-order valence-electron chi connectivity index (χ0n) is 5.90. The molecule has 1 aliphatic heterocycles. The molecule has 0 atom stereocenters. The van der Waals surface area contributed by atoms with E-state index in [2.05, 4.69) is 4.99 Å². The molecule has 1 aliphatic rings. The molecule has 1 aromatic rings. The van der Waals surface area contributed by atoms with Gasteiger partial charge in [0, 0.05) is 17.5 Å². The van der Waals surface area contributed by atoms with E-state index in [9.17, 15) is 5.21 Å². The first-order valence-corrected chi connectivity index (χ1v) is 3.41. The third-order valence-corrected chi connectivity index (χ3v) is 1.65. The van der Waals surface area contributed by atoms with Gasteiger partial charge in [-0.05, 0) is 6.07 Å². The molecule has 0 fully saturated rings. The summed E-state index contributed by atoms with van der Waals surface area (Å²) >= 11 is 0. The van der Waals surface area contributed by atoms with Crippen LogP contribution in [0.2, 0.25) is 0 Å². The lowest BCUT2D eigenvalue weighted by Crippen LogP contribution is -2.19. The van der Waals surface area contributed by atoms with Gasteiger partial charge >= 0.3 is 0 Å². The average molecular weight is 147 g/mol. The average Bonchev–Trinajstić information content (AvgIpc) is 2.06. The van der Waals surface area contributed by atoms with Gasteiger partial charge < -0.3 is 10.3 Å². The maximum Gasteiger partial charge on any atom is 0.0997 e. The highest BCUT2D eigenvalue weighted by atomic mass is 16.5. The van der Waals surface area contributed by atoms with Crippen molar-refractivity contribution in [1.29, 1.82) is 0 Å². The lowest BCUT2D eigenvalue weighted by Gasteiger charge is -2.32. The van der Waals surface area contributed by atoms with Crippen molar-refractivity contribution in [3.8, 4) is 0 Å². The Bertz CT molecular complexity index is 296. The summed E-state index contributed by atoms with van der Waals surface area (Å²) in [6.07, 6.45) is 1.73. The summed E-state index contributed by atoms with van der Waals surface area (Å²) in [6, 6.07) is 7.42. The lowest BCUT2D eigenvalue weighted by atomic mass is 10.2. The number of hydrogen-bond acceptors (Lipinski definition) is 3. The molecular weight excluding hydrogens is 140 g/mol. The van der Waals surface area contributed by atoms with Crippen molar-refractivity contribution in [3.63, 3.8) is 0 Å². The Hall–Kier alpha value is -1.35. The molecule has 0 unspecified atom stereocenters. The van der Waals surface area contributed by atoms with Crippen LogP contribution in [-0.4, -0.2) is 12.9 Å². The Morgan fingerprint density at radius 3 is 3.00 bits per heavy atom. The molecule has 1 aromatic carbocycles. The highest BCUT2D eigenvalue weighted by Crippen LogP contribution is 2.20. The molecule has 56 valence electrons. The minimum atomic E-state index is 0.219.